The van der Waals surface area contributed by atoms with Gasteiger partial charge >= 0.3 is 0 Å². The van der Waals surface area contributed by atoms with E-state index in [9.17, 15) is 4.79 Å². The van der Waals surface area contributed by atoms with Gasteiger partial charge in [-0.25, -0.2) is 0 Å². The molecule has 3 rings (SSSR count). The quantitative estimate of drug-likeness (QED) is 0.863. The van der Waals surface area contributed by atoms with Crippen LogP contribution in [0.4, 0.5) is 0 Å². The van der Waals surface area contributed by atoms with Crippen molar-refractivity contribution in [2.45, 2.75) is 44.7 Å². The molecule has 0 bridgehead atoms. The van der Waals surface area contributed by atoms with Gasteiger partial charge in [-0.05, 0) is 12.8 Å². The van der Waals surface area contributed by atoms with E-state index in [1.165, 1.54) is 0 Å². The summed E-state index contributed by atoms with van der Waals surface area (Å²) < 4.78 is 4.98. The minimum absolute atomic E-state index is 0. The molecule has 132 valence electrons. The van der Waals surface area contributed by atoms with Gasteiger partial charge < -0.3 is 15.2 Å². The Morgan fingerprint density at radius 2 is 1.83 bits per heavy atom. The fourth-order valence-electron chi connectivity index (χ4n) is 3.25. The fourth-order valence-corrected chi connectivity index (χ4v) is 3.25. The van der Waals surface area contributed by atoms with E-state index >= 15 is 0 Å². The number of hydrogen-bond donors (Lipinski definition) is 1. The molecule has 2 aliphatic rings. The third kappa shape index (κ3) is 4.56. The van der Waals surface area contributed by atoms with Crippen molar-refractivity contribution in [2.24, 2.45) is 5.73 Å². The summed E-state index contributed by atoms with van der Waals surface area (Å²) >= 11 is 0. The Kier molecular flexibility index (Phi) is 7.26. The highest BCUT2D eigenvalue weighted by Gasteiger charge is 2.40. The molecule has 2 heterocycles. The first-order valence-electron chi connectivity index (χ1n) is 7.67. The van der Waals surface area contributed by atoms with Crippen LogP contribution in [0, 0.1) is 6.92 Å². The van der Waals surface area contributed by atoms with Gasteiger partial charge in [0.1, 0.15) is 0 Å². The summed E-state index contributed by atoms with van der Waals surface area (Å²) in [6, 6.07) is 0. The molecular weight excluding hydrogens is 341 g/mol. The molecule has 1 aliphatic heterocycles. The number of piperazine rings is 1. The molecule has 0 atom stereocenters. The largest absolute Gasteiger partial charge is 0.340 e. The monoisotopic (exact) mass is 365 g/mol. The van der Waals surface area contributed by atoms with Gasteiger partial charge in [-0.15, -0.1) is 24.8 Å². The summed E-state index contributed by atoms with van der Waals surface area (Å²) in [6.07, 6.45) is 3.79. The van der Waals surface area contributed by atoms with Crippen molar-refractivity contribution in [1.29, 1.82) is 0 Å². The lowest BCUT2D eigenvalue weighted by atomic mass is 9.97. The maximum atomic E-state index is 12.5. The topological polar surface area (TPSA) is 88.5 Å². The molecule has 1 saturated heterocycles. The Balaban J connectivity index is 0.00000132. The third-order valence-electron chi connectivity index (χ3n) is 4.52. The minimum atomic E-state index is -0.604. The maximum Gasteiger partial charge on any atom is 0.242 e. The van der Waals surface area contributed by atoms with Gasteiger partial charge in [0.2, 0.25) is 11.8 Å². The van der Waals surface area contributed by atoms with Crippen LogP contribution in [0.15, 0.2) is 4.52 Å². The number of rotatable bonds is 3. The number of nitrogens with zero attached hydrogens (tertiary/aromatic N) is 4. The lowest BCUT2D eigenvalue weighted by molar-refractivity contribution is -0.138. The van der Waals surface area contributed by atoms with Gasteiger partial charge in [0.05, 0.1) is 12.1 Å². The van der Waals surface area contributed by atoms with Crippen LogP contribution in [0.2, 0.25) is 0 Å². The average molecular weight is 366 g/mol. The van der Waals surface area contributed by atoms with Crippen LogP contribution in [-0.2, 0) is 11.3 Å². The van der Waals surface area contributed by atoms with Crippen molar-refractivity contribution in [2.75, 3.05) is 26.2 Å². The second-order valence-electron chi connectivity index (χ2n) is 6.16. The van der Waals surface area contributed by atoms with E-state index in [2.05, 4.69) is 15.0 Å². The first kappa shape index (κ1) is 20.2. The molecule has 0 aromatic carbocycles. The minimum Gasteiger partial charge on any atom is -0.340 e. The number of amides is 1. The van der Waals surface area contributed by atoms with Crippen LogP contribution in [0.25, 0.3) is 0 Å². The van der Waals surface area contributed by atoms with Crippen molar-refractivity contribution in [3.05, 3.63) is 11.7 Å². The number of hydrogen-bond acceptors (Lipinski definition) is 6. The SMILES string of the molecule is Cc1nc(CN2CCN(C(=O)C3(N)CCCC3)CC2)no1.Cl.Cl. The summed E-state index contributed by atoms with van der Waals surface area (Å²) in [7, 11) is 0. The Bertz CT molecular complexity index is 511. The molecule has 2 fully saturated rings. The van der Waals surface area contributed by atoms with Gasteiger partial charge in [-0.2, -0.15) is 4.98 Å². The van der Waals surface area contributed by atoms with E-state index in [0.717, 1.165) is 51.9 Å². The van der Waals surface area contributed by atoms with Gasteiger partial charge in [0, 0.05) is 33.1 Å². The van der Waals surface area contributed by atoms with Crippen molar-refractivity contribution >= 4 is 30.7 Å². The number of aromatic nitrogens is 2. The molecule has 1 amide bonds. The number of halogens is 2. The molecule has 1 saturated carbocycles. The Morgan fingerprint density at radius 3 is 2.35 bits per heavy atom. The Hall–Kier alpha value is -0.890. The van der Waals surface area contributed by atoms with Crippen molar-refractivity contribution in [3.63, 3.8) is 0 Å². The second kappa shape index (κ2) is 8.28. The normalized spacial score (nSPS) is 20.7. The summed E-state index contributed by atoms with van der Waals surface area (Å²) in [6.45, 7) is 5.58. The predicted molar refractivity (Wildman–Crippen MR) is 90.8 cm³/mol. The van der Waals surface area contributed by atoms with Crippen molar-refractivity contribution < 1.29 is 9.32 Å². The van der Waals surface area contributed by atoms with Crippen LogP contribution >= 0.6 is 24.8 Å². The van der Waals surface area contributed by atoms with E-state index in [1.807, 2.05) is 4.90 Å². The molecule has 0 unspecified atom stereocenters. The van der Waals surface area contributed by atoms with Gasteiger partial charge in [-0.1, -0.05) is 18.0 Å². The van der Waals surface area contributed by atoms with Crippen molar-refractivity contribution in [3.8, 4) is 0 Å². The number of aryl methyl sites for hydroxylation is 1. The standard InChI is InChI=1S/C14H23N5O2.2ClH/c1-11-16-12(17-21-11)10-18-6-8-19(9-7-18)13(20)14(15)4-2-3-5-14;;/h2-10,15H2,1H3;2*1H. The molecule has 1 aromatic heterocycles. The van der Waals surface area contributed by atoms with Crippen LogP contribution in [0.3, 0.4) is 0 Å². The molecule has 2 N–H and O–H groups in total. The summed E-state index contributed by atoms with van der Waals surface area (Å²) in [5.41, 5.74) is 5.65. The zero-order valence-corrected chi connectivity index (χ0v) is 15.0. The van der Waals surface area contributed by atoms with Gasteiger partial charge in [-0.3, -0.25) is 9.69 Å². The lowest BCUT2D eigenvalue weighted by Crippen LogP contribution is -2.58. The zero-order chi connectivity index (χ0) is 14.9. The molecule has 9 heteroatoms. The maximum absolute atomic E-state index is 12.5. The van der Waals surface area contributed by atoms with E-state index < -0.39 is 5.54 Å². The Morgan fingerprint density at radius 1 is 1.22 bits per heavy atom. The summed E-state index contributed by atoms with van der Waals surface area (Å²) in [4.78, 5) is 20.9. The first-order valence-corrected chi connectivity index (χ1v) is 7.67. The predicted octanol–water partition coefficient (Wildman–Crippen LogP) is 1.14. The molecule has 1 aromatic rings. The lowest BCUT2D eigenvalue weighted by Gasteiger charge is -2.38. The van der Waals surface area contributed by atoms with Crippen LogP contribution in [0.1, 0.15) is 37.4 Å². The van der Waals surface area contributed by atoms with E-state index in [-0.39, 0.29) is 30.7 Å². The number of carbonyl (C=O) groups is 1. The smallest absolute Gasteiger partial charge is 0.242 e. The van der Waals surface area contributed by atoms with Crippen LogP contribution in [0.5, 0.6) is 0 Å². The second-order valence-corrected chi connectivity index (χ2v) is 6.16. The van der Waals surface area contributed by atoms with E-state index in [0.29, 0.717) is 18.3 Å². The molecule has 0 radical (unpaired) electrons. The zero-order valence-electron chi connectivity index (χ0n) is 13.4. The number of carbonyl (C=O) groups excluding carboxylic acids is 1. The van der Waals surface area contributed by atoms with Crippen LogP contribution < -0.4 is 5.73 Å². The number of nitrogens with two attached hydrogens (primary N) is 1. The third-order valence-corrected chi connectivity index (χ3v) is 4.52. The Labute approximate surface area is 148 Å². The van der Waals surface area contributed by atoms with Gasteiger partial charge in [0.25, 0.3) is 0 Å². The van der Waals surface area contributed by atoms with Crippen LogP contribution in [-0.4, -0.2) is 57.6 Å². The van der Waals surface area contributed by atoms with E-state index in [1.54, 1.807) is 6.92 Å². The average Bonchev–Trinajstić information content (AvgIpc) is 3.09. The fraction of sp³-hybridized carbons (Fsp3) is 0.786. The highest BCUT2D eigenvalue weighted by molar-refractivity contribution is 5.86. The van der Waals surface area contributed by atoms with E-state index in [4.69, 9.17) is 10.3 Å². The molecule has 1 aliphatic carbocycles. The summed E-state index contributed by atoms with van der Waals surface area (Å²) in [5.74, 6) is 1.43. The molecular formula is C14H25Cl2N5O2. The summed E-state index contributed by atoms with van der Waals surface area (Å²) in [5, 5.41) is 3.91. The highest BCUT2D eigenvalue weighted by atomic mass is 35.5. The van der Waals surface area contributed by atoms with Gasteiger partial charge in [0.15, 0.2) is 5.82 Å². The molecule has 7 nitrogen and oxygen atoms in total. The molecule has 23 heavy (non-hydrogen) atoms. The molecule has 0 spiro atoms. The van der Waals surface area contributed by atoms with Crippen molar-refractivity contribution in [1.82, 2.24) is 19.9 Å². The first-order chi connectivity index (χ1) is 10.1. The highest BCUT2D eigenvalue weighted by Crippen LogP contribution is 2.29.